The van der Waals surface area contributed by atoms with Crippen LogP contribution in [0.1, 0.15) is 24.4 Å². The SMILES string of the molecule is CC(C)C(NC(=O)c1ccco1)C(=O)Nc1cccc(Br)c1. The number of carbonyl (C=O) groups is 2. The van der Waals surface area contributed by atoms with Gasteiger partial charge < -0.3 is 15.1 Å². The van der Waals surface area contributed by atoms with Gasteiger partial charge in [-0.1, -0.05) is 35.8 Å². The van der Waals surface area contributed by atoms with E-state index in [0.717, 1.165) is 4.47 Å². The molecule has 0 saturated carbocycles. The second-order valence-corrected chi connectivity index (χ2v) is 6.09. The topological polar surface area (TPSA) is 71.3 Å². The first-order valence-electron chi connectivity index (χ1n) is 6.88. The van der Waals surface area contributed by atoms with Crippen molar-refractivity contribution in [2.75, 3.05) is 5.32 Å². The summed E-state index contributed by atoms with van der Waals surface area (Å²) < 4.78 is 5.91. The zero-order valence-corrected chi connectivity index (χ0v) is 13.9. The first kappa shape index (κ1) is 16.3. The van der Waals surface area contributed by atoms with Gasteiger partial charge in [0, 0.05) is 10.2 Å². The fourth-order valence-electron chi connectivity index (χ4n) is 1.94. The third kappa shape index (κ3) is 4.21. The Morgan fingerprint density at radius 2 is 1.95 bits per heavy atom. The highest BCUT2D eigenvalue weighted by Gasteiger charge is 2.25. The maximum atomic E-state index is 12.4. The van der Waals surface area contributed by atoms with Crippen LogP contribution in [0.2, 0.25) is 0 Å². The molecule has 1 heterocycles. The van der Waals surface area contributed by atoms with Crippen LogP contribution in [0.5, 0.6) is 0 Å². The van der Waals surface area contributed by atoms with Crippen molar-refractivity contribution in [3.8, 4) is 0 Å². The van der Waals surface area contributed by atoms with Crippen LogP contribution in [0.25, 0.3) is 0 Å². The van der Waals surface area contributed by atoms with Gasteiger partial charge in [-0.2, -0.15) is 0 Å². The number of amides is 2. The average Bonchev–Trinajstić information content (AvgIpc) is 2.98. The highest BCUT2D eigenvalue weighted by molar-refractivity contribution is 9.10. The number of halogens is 1. The molecule has 2 N–H and O–H groups in total. The summed E-state index contributed by atoms with van der Waals surface area (Å²) in [5, 5.41) is 5.50. The Hall–Kier alpha value is -2.08. The van der Waals surface area contributed by atoms with Crippen molar-refractivity contribution in [2.45, 2.75) is 19.9 Å². The lowest BCUT2D eigenvalue weighted by Gasteiger charge is -2.21. The zero-order valence-electron chi connectivity index (χ0n) is 12.3. The summed E-state index contributed by atoms with van der Waals surface area (Å²) in [6.45, 7) is 3.74. The molecule has 1 aromatic heterocycles. The summed E-state index contributed by atoms with van der Waals surface area (Å²) in [4.78, 5) is 24.4. The van der Waals surface area contributed by atoms with Gasteiger partial charge in [0.25, 0.3) is 5.91 Å². The van der Waals surface area contributed by atoms with Gasteiger partial charge in [-0.15, -0.1) is 0 Å². The number of hydrogen-bond donors (Lipinski definition) is 2. The van der Waals surface area contributed by atoms with Gasteiger partial charge >= 0.3 is 0 Å². The number of furan rings is 1. The van der Waals surface area contributed by atoms with Gasteiger partial charge in [0.1, 0.15) is 6.04 Å². The van der Waals surface area contributed by atoms with Crippen LogP contribution in [0, 0.1) is 5.92 Å². The van der Waals surface area contributed by atoms with Crippen LogP contribution >= 0.6 is 15.9 Å². The minimum atomic E-state index is -0.656. The molecule has 0 bridgehead atoms. The Morgan fingerprint density at radius 3 is 2.55 bits per heavy atom. The Kier molecular flexibility index (Phi) is 5.38. The molecule has 22 heavy (non-hydrogen) atoms. The van der Waals surface area contributed by atoms with Gasteiger partial charge in [-0.05, 0) is 36.2 Å². The van der Waals surface area contributed by atoms with E-state index in [1.165, 1.54) is 6.26 Å². The molecule has 1 unspecified atom stereocenters. The van der Waals surface area contributed by atoms with E-state index in [1.54, 1.807) is 24.3 Å². The summed E-state index contributed by atoms with van der Waals surface area (Å²) in [6, 6.07) is 9.80. The van der Waals surface area contributed by atoms with Crippen LogP contribution in [0.4, 0.5) is 5.69 Å². The monoisotopic (exact) mass is 364 g/mol. The van der Waals surface area contributed by atoms with Crippen LogP contribution in [-0.4, -0.2) is 17.9 Å². The maximum absolute atomic E-state index is 12.4. The van der Waals surface area contributed by atoms with E-state index in [9.17, 15) is 9.59 Å². The molecule has 1 atom stereocenters. The molecular weight excluding hydrogens is 348 g/mol. The molecule has 0 aliphatic rings. The summed E-state index contributed by atoms with van der Waals surface area (Å²) in [6.07, 6.45) is 1.42. The largest absolute Gasteiger partial charge is 0.459 e. The minimum Gasteiger partial charge on any atom is -0.459 e. The molecule has 2 aromatic rings. The van der Waals surface area contributed by atoms with Crippen molar-refractivity contribution in [1.82, 2.24) is 5.32 Å². The molecule has 1 aromatic carbocycles. The molecule has 5 nitrogen and oxygen atoms in total. The van der Waals surface area contributed by atoms with Crippen molar-refractivity contribution in [2.24, 2.45) is 5.92 Å². The number of anilines is 1. The van der Waals surface area contributed by atoms with E-state index in [1.807, 2.05) is 26.0 Å². The molecule has 0 radical (unpaired) electrons. The highest BCUT2D eigenvalue weighted by atomic mass is 79.9. The van der Waals surface area contributed by atoms with Crippen LogP contribution in [0.15, 0.2) is 51.6 Å². The number of nitrogens with one attached hydrogen (secondary N) is 2. The lowest BCUT2D eigenvalue weighted by atomic mass is 10.0. The molecule has 2 amide bonds. The Labute approximate surface area is 137 Å². The predicted molar refractivity (Wildman–Crippen MR) is 87.6 cm³/mol. The van der Waals surface area contributed by atoms with Crippen molar-refractivity contribution in [3.63, 3.8) is 0 Å². The summed E-state index contributed by atoms with van der Waals surface area (Å²) in [7, 11) is 0. The minimum absolute atomic E-state index is 0.0638. The van der Waals surface area contributed by atoms with Crippen LogP contribution in [0.3, 0.4) is 0 Å². The third-order valence-corrected chi connectivity index (χ3v) is 3.57. The maximum Gasteiger partial charge on any atom is 0.287 e. The second-order valence-electron chi connectivity index (χ2n) is 5.17. The fraction of sp³-hybridized carbons (Fsp3) is 0.250. The molecule has 6 heteroatoms. The van der Waals surface area contributed by atoms with Gasteiger partial charge in [-0.3, -0.25) is 9.59 Å². The first-order valence-corrected chi connectivity index (χ1v) is 7.67. The number of benzene rings is 1. The zero-order chi connectivity index (χ0) is 16.1. The van der Waals surface area contributed by atoms with Gasteiger partial charge in [0.2, 0.25) is 5.91 Å². The molecule has 0 aliphatic heterocycles. The normalized spacial score (nSPS) is 12.0. The Bertz CT molecular complexity index is 653. The van der Waals surface area contributed by atoms with Gasteiger partial charge in [0.15, 0.2) is 5.76 Å². The molecule has 116 valence electrons. The quantitative estimate of drug-likeness (QED) is 0.853. The summed E-state index contributed by atoms with van der Waals surface area (Å²) in [5.41, 5.74) is 0.664. The van der Waals surface area contributed by atoms with Crippen LogP contribution < -0.4 is 10.6 Å². The Balaban J connectivity index is 2.07. The average molecular weight is 365 g/mol. The Morgan fingerprint density at radius 1 is 1.18 bits per heavy atom. The van der Waals surface area contributed by atoms with Crippen LogP contribution in [-0.2, 0) is 4.79 Å². The number of carbonyl (C=O) groups excluding carboxylic acids is 2. The van der Waals surface area contributed by atoms with E-state index in [-0.39, 0.29) is 17.6 Å². The standard InChI is InChI=1S/C16H17BrN2O3/c1-10(2)14(19-15(20)13-7-4-8-22-13)16(21)18-12-6-3-5-11(17)9-12/h3-10,14H,1-2H3,(H,18,21)(H,19,20). The molecule has 0 fully saturated rings. The smallest absolute Gasteiger partial charge is 0.287 e. The molecule has 2 rings (SSSR count). The van der Waals surface area contributed by atoms with Crippen molar-refractivity contribution in [3.05, 3.63) is 52.9 Å². The van der Waals surface area contributed by atoms with Gasteiger partial charge in [-0.25, -0.2) is 0 Å². The van der Waals surface area contributed by atoms with E-state index in [0.29, 0.717) is 5.69 Å². The molecule has 0 saturated heterocycles. The lowest BCUT2D eigenvalue weighted by Crippen LogP contribution is -2.47. The van der Waals surface area contributed by atoms with E-state index < -0.39 is 11.9 Å². The number of hydrogen-bond acceptors (Lipinski definition) is 3. The lowest BCUT2D eigenvalue weighted by molar-refractivity contribution is -0.118. The fourth-order valence-corrected chi connectivity index (χ4v) is 2.34. The number of rotatable bonds is 5. The second kappa shape index (κ2) is 7.26. The van der Waals surface area contributed by atoms with Gasteiger partial charge in [0.05, 0.1) is 6.26 Å². The van der Waals surface area contributed by atoms with E-state index in [2.05, 4.69) is 26.6 Å². The molecule has 0 aliphatic carbocycles. The molecule has 0 spiro atoms. The highest BCUT2D eigenvalue weighted by Crippen LogP contribution is 2.16. The van der Waals surface area contributed by atoms with E-state index >= 15 is 0 Å². The van der Waals surface area contributed by atoms with Crippen molar-refractivity contribution in [1.29, 1.82) is 0 Å². The predicted octanol–water partition coefficient (Wildman–Crippen LogP) is 3.44. The van der Waals surface area contributed by atoms with E-state index in [4.69, 9.17) is 4.42 Å². The summed E-state index contributed by atoms with van der Waals surface area (Å²) >= 11 is 3.35. The summed E-state index contributed by atoms with van der Waals surface area (Å²) in [5.74, 6) is -0.562. The van der Waals surface area contributed by atoms with Crippen molar-refractivity contribution < 1.29 is 14.0 Å². The molecular formula is C16H17BrN2O3. The third-order valence-electron chi connectivity index (χ3n) is 3.07. The first-order chi connectivity index (χ1) is 10.5. The van der Waals surface area contributed by atoms with Crippen molar-refractivity contribution >= 4 is 33.4 Å².